The number of benzene rings is 1. The lowest BCUT2D eigenvalue weighted by Crippen LogP contribution is -2.03. The molecule has 2 aromatic rings. The van der Waals surface area contributed by atoms with Crippen LogP contribution in [-0.2, 0) is 9.53 Å². The standard InChI is InChI=1S/C12H12N2O2S/c1-16-11(15)7-17-10-3-2-8-6-14-5-4-9(8)12(10)13/h2-6H,7,13H2,1H3. The van der Waals surface area contributed by atoms with Gasteiger partial charge in [0, 0.05) is 28.1 Å². The number of carbonyl (C=O) groups excluding carboxylic acids is 1. The van der Waals surface area contributed by atoms with Gasteiger partial charge in [-0.1, -0.05) is 6.07 Å². The second-order valence-electron chi connectivity index (χ2n) is 3.44. The Kier molecular flexibility index (Phi) is 3.49. The largest absolute Gasteiger partial charge is 0.468 e. The first-order valence-electron chi connectivity index (χ1n) is 5.04. The highest BCUT2D eigenvalue weighted by molar-refractivity contribution is 8.00. The van der Waals surface area contributed by atoms with Crippen molar-refractivity contribution in [1.29, 1.82) is 0 Å². The van der Waals surface area contributed by atoms with Crippen molar-refractivity contribution < 1.29 is 9.53 Å². The summed E-state index contributed by atoms with van der Waals surface area (Å²) in [4.78, 5) is 16.0. The number of rotatable bonds is 3. The van der Waals surface area contributed by atoms with Crippen LogP contribution in [0.2, 0.25) is 0 Å². The normalized spacial score (nSPS) is 10.4. The van der Waals surface area contributed by atoms with E-state index >= 15 is 0 Å². The Morgan fingerprint density at radius 3 is 3.06 bits per heavy atom. The number of ether oxygens (including phenoxy) is 1. The molecule has 4 nitrogen and oxygen atoms in total. The van der Waals surface area contributed by atoms with Crippen molar-refractivity contribution in [2.45, 2.75) is 4.90 Å². The molecule has 0 unspecified atom stereocenters. The maximum atomic E-state index is 11.1. The van der Waals surface area contributed by atoms with Crippen molar-refractivity contribution in [3.8, 4) is 0 Å². The number of esters is 1. The zero-order chi connectivity index (χ0) is 12.3. The Hall–Kier alpha value is -1.75. The summed E-state index contributed by atoms with van der Waals surface area (Å²) in [5.41, 5.74) is 6.73. The molecule has 0 saturated carbocycles. The van der Waals surface area contributed by atoms with Crippen LogP contribution < -0.4 is 5.73 Å². The average molecular weight is 248 g/mol. The van der Waals surface area contributed by atoms with E-state index in [1.54, 1.807) is 12.4 Å². The van der Waals surface area contributed by atoms with Gasteiger partial charge in [-0.15, -0.1) is 11.8 Å². The maximum absolute atomic E-state index is 11.1. The minimum Gasteiger partial charge on any atom is -0.468 e. The summed E-state index contributed by atoms with van der Waals surface area (Å²) < 4.78 is 4.59. The van der Waals surface area contributed by atoms with Crippen molar-refractivity contribution in [2.75, 3.05) is 18.6 Å². The molecule has 0 aliphatic rings. The molecular formula is C12H12N2O2S. The van der Waals surface area contributed by atoms with Gasteiger partial charge in [-0.3, -0.25) is 9.78 Å². The third-order valence-electron chi connectivity index (χ3n) is 2.39. The molecule has 0 bridgehead atoms. The molecular weight excluding hydrogens is 236 g/mol. The van der Waals surface area contributed by atoms with E-state index in [0.717, 1.165) is 15.7 Å². The molecule has 1 aromatic heterocycles. The number of carbonyl (C=O) groups is 1. The first kappa shape index (κ1) is 11.7. The maximum Gasteiger partial charge on any atom is 0.315 e. The fraction of sp³-hybridized carbons (Fsp3) is 0.167. The fourth-order valence-corrected chi connectivity index (χ4v) is 2.32. The number of thioether (sulfide) groups is 1. The van der Waals surface area contributed by atoms with Gasteiger partial charge in [0.1, 0.15) is 0 Å². The molecule has 1 aromatic carbocycles. The van der Waals surface area contributed by atoms with Gasteiger partial charge in [0.15, 0.2) is 0 Å². The Balaban J connectivity index is 2.29. The van der Waals surface area contributed by atoms with Crippen molar-refractivity contribution in [3.63, 3.8) is 0 Å². The smallest absolute Gasteiger partial charge is 0.315 e. The number of fused-ring (bicyclic) bond motifs is 1. The number of pyridine rings is 1. The predicted molar refractivity (Wildman–Crippen MR) is 68.9 cm³/mol. The highest BCUT2D eigenvalue weighted by Gasteiger charge is 2.07. The number of hydrogen-bond donors (Lipinski definition) is 1. The van der Waals surface area contributed by atoms with Crippen LogP contribution in [0.15, 0.2) is 35.5 Å². The number of anilines is 1. The van der Waals surface area contributed by atoms with E-state index in [0.29, 0.717) is 5.69 Å². The number of aromatic nitrogens is 1. The van der Waals surface area contributed by atoms with Crippen LogP contribution >= 0.6 is 11.8 Å². The van der Waals surface area contributed by atoms with Crippen LogP contribution in [0.4, 0.5) is 5.69 Å². The third kappa shape index (κ3) is 2.50. The van der Waals surface area contributed by atoms with Gasteiger partial charge in [0.2, 0.25) is 0 Å². The summed E-state index contributed by atoms with van der Waals surface area (Å²) in [7, 11) is 1.37. The SMILES string of the molecule is COC(=O)CSc1ccc2cnccc2c1N. The quantitative estimate of drug-likeness (QED) is 0.512. The van der Waals surface area contributed by atoms with Crippen LogP contribution in [0, 0.1) is 0 Å². The molecule has 5 heteroatoms. The van der Waals surface area contributed by atoms with Crippen LogP contribution in [0.5, 0.6) is 0 Å². The molecule has 0 radical (unpaired) electrons. The summed E-state index contributed by atoms with van der Waals surface area (Å²) in [5, 5.41) is 1.95. The van der Waals surface area contributed by atoms with Gasteiger partial charge in [-0.25, -0.2) is 0 Å². The average Bonchev–Trinajstić information content (AvgIpc) is 2.38. The van der Waals surface area contributed by atoms with E-state index < -0.39 is 0 Å². The number of methoxy groups -OCH3 is 1. The molecule has 0 aliphatic carbocycles. The second-order valence-corrected chi connectivity index (χ2v) is 4.46. The molecule has 0 saturated heterocycles. The molecule has 0 amide bonds. The van der Waals surface area contributed by atoms with Crippen molar-refractivity contribution in [2.24, 2.45) is 0 Å². The lowest BCUT2D eigenvalue weighted by atomic mass is 10.1. The molecule has 2 N–H and O–H groups in total. The molecule has 17 heavy (non-hydrogen) atoms. The van der Waals surface area contributed by atoms with E-state index in [2.05, 4.69) is 9.72 Å². The molecule has 0 aliphatic heterocycles. The molecule has 0 spiro atoms. The Bertz CT molecular complexity index is 557. The van der Waals surface area contributed by atoms with E-state index in [9.17, 15) is 4.79 Å². The lowest BCUT2D eigenvalue weighted by Gasteiger charge is -2.07. The summed E-state index contributed by atoms with van der Waals surface area (Å²) in [6, 6.07) is 5.71. The summed E-state index contributed by atoms with van der Waals surface area (Å²) in [6.07, 6.45) is 3.47. The van der Waals surface area contributed by atoms with Gasteiger partial charge in [0.25, 0.3) is 0 Å². The molecule has 1 heterocycles. The summed E-state index contributed by atoms with van der Waals surface area (Å²) in [6.45, 7) is 0. The third-order valence-corrected chi connectivity index (χ3v) is 3.44. The van der Waals surface area contributed by atoms with Crippen molar-refractivity contribution >= 4 is 34.2 Å². The number of hydrogen-bond acceptors (Lipinski definition) is 5. The first-order chi connectivity index (χ1) is 8.22. The number of nitrogen functional groups attached to an aromatic ring is 1. The summed E-state index contributed by atoms with van der Waals surface area (Å²) in [5.74, 6) is 0.00122. The van der Waals surface area contributed by atoms with Gasteiger partial charge in [-0.2, -0.15) is 0 Å². The number of nitrogens with two attached hydrogens (primary N) is 1. The van der Waals surface area contributed by atoms with E-state index in [1.807, 2.05) is 18.2 Å². The molecule has 2 rings (SSSR count). The topological polar surface area (TPSA) is 65.2 Å². The van der Waals surface area contributed by atoms with Crippen LogP contribution in [0.3, 0.4) is 0 Å². The highest BCUT2D eigenvalue weighted by Crippen LogP contribution is 2.31. The fourth-order valence-electron chi connectivity index (χ4n) is 1.49. The van der Waals surface area contributed by atoms with Gasteiger partial charge < -0.3 is 10.5 Å². The van der Waals surface area contributed by atoms with E-state index in [-0.39, 0.29) is 11.7 Å². The molecule has 0 fully saturated rings. The minimum absolute atomic E-state index is 0.260. The van der Waals surface area contributed by atoms with Crippen LogP contribution in [-0.4, -0.2) is 23.8 Å². The summed E-state index contributed by atoms with van der Waals surface area (Å²) >= 11 is 1.37. The zero-order valence-corrected chi connectivity index (χ0v) is 10.2. The highest BCUT2D eigenvalue weighted by atomic mass is 32.2. The van der Waals surface area contributed by atoms with Crippen molar-refractivity contribution in [1.82, 2.24) is 4.98 Å². The van der Waals surface area contributed by atoms with Crippen LogP contribution in [0.1, 0.15) is 0 Å². The monoisotopic (exact) mass is 248 g/mol. The van der Waals surface area contributed by atoms with E-state index in [4.69, 9.17) is 5.73 Å². The molecule has 0 atom stereocenters. The molecule has 88 valence electrons. The van der Waals surface area contributed by atoms with Crippen LogP contribution in [0.25, 0.3) is 10.8 Å². The lowest BCUT2D eigenvalue weighted by molar-refractivity contribution is -0.137. The second kappa shape index (κ2) is 5.05. The minimum atomic E-state index is -0.260. The first-order valence-corrected chi connectivity index (χ1v) is 6.02. The van der Waals surface area contributed by atoms with Crippen molar-refractivity contribution in [3.05, 3.63) is 30.6 Å². The van der Waals surface area contributed by atoms with Gasteiger partial charge >= 0.3 is 5.97 Å². The Morgan fingerprint density at radius 1 is 1.47 bits per heavy atom. The number of nitrogens with zero attached hydrogens (tertiary/aromatic N) is 1. The van der Waals surface area contributed by atoms with Gasteiger partial charge in [0.05, 0.1) is 18.6 Å². The Morgan fingerprint density at radius 2 is 2.29 bits per heavy atom. The predicted octanol–water partition coefficient (Wildman–Crippen LogP) is 2.08. The van der Waals surface area contributed by atoms with Gasteiger partial charge in [-0.05, 0) is 12.1 Å². The van der Waals surface area contributed by atoms with E-state index in [1.165, 1.54) is 18.9 Å². The Labute approximate surface area is 103 Å². The zero-order valence-electron chi connectivity index (χ0n) is 9.34.